The van der Waals surface area contributed by atoms with Crippen LogP contribution in [0.15, 0.2) is 30.7 Å². The Kier molecular flexibility index (Phi) is 4.47. The number of nitrogens with zero attached hydrogens (tertiary/aromatic N) is 2. The standard InChI is InChI=1S/C13H15Cl2N3O/c1-8(10-3-2-9(14)4-11(10)15)18-7-17-5-13(18)12(16)6-19/h2-5,7-8,12,19H,6,16H2,1H3. The van der Waals surface area contributed by atoms with Gasteiger partial charge in [0.2, 0.25) is 0 Å². The summed E-state index contributed by atoms with van der Waals surface area (Å²) in [5, 5.41) is 10.4. The van der Waals surface area contributed by atoms with Crippen molar-refractivity contribution in [3.8, 4) is 0 Å². The van der Waals surface area contributed by atoms with E-state index in [9.17, 15) is 0 Å². The van der Waals surface area contributed by atoms with Crippen LogP contribution in [-0.2, 0) is 0 Å². The lowest BCUT2D eigenvalue weighted by molar-refractivity contribution is 0.262. The van der Waals surface area contributed by atoms with E-state index < -0.39 is 6.04 Å². The predicted molar refractivity (Wildman–Crippen MR) is 76.5 cm³/mol. The van der Waals surface area contributed by atoms with Crippen LogP contribution in [0.2, 0.25) is 10.0 Å². The molecule has 0 aliphatic rings. The van der Waals surface area contributed by atoms with Crippen LogP contribution in [0.3, 0.4) is 0 Å². The molecule has 6 heteroatoms. The van der Waals surface area contributed by atoms with Gasteiger partial charge >= 0.3 is 0 Å². The van der Waals surface area contributed by atoms with Crippen molar-refractivity contribution in [2.75, 3.05) is 6.61 Å². The van der Waals surface area contributed by atoms with Gasteiger partial charge in [-0.15, -0.1) is 0 Å². The van der Waals surface area contributed by atoms with Crippen LogP contribution in [0.1, 0.15) is 30.3 Å². The first-order valence-electron chi connectivity index (χ1n) is 5.87. The summed E-state index contributed by atoms with van der Waals surface area (Å²) in [4.78, 5) is 4.09. The SMILES string of the molecule is CC(c1ccc(Cl)cc1Cl)n1cncc1C(N)CO. The fraction of sp³-hybridized carbons (Fsp3) is 0.308. The van der Waals surface area contributed by atoms with Crippen molar-refractivity contribution < 1.29 is 5.11 Å². The predicted octanol–water partition coefficient (Wildman–Crippen LogP) is 2.79. The minimum atomic E-state index is -0.462. The number of aromatic nitrogens is 2. The van der Waals surface area contributed by atoms with Crippen molar-refractivity contribution in [3.63, 3.8) is 0 Å². The smallest absolute Gasteiger partial charge is 0.0954 e. The van der Waals surface area contributed by atoms with Gasteiger partial charge in [-0.3, -0.25) is 0 Å². The Balaban J connectivity index is 2.39. The van der Waals surface area contributed by atoms with Crippen LogP contribution in [0.5, 0.6) is 0 Å². The third-order valence-electron chi connectivity index (χ3n) is 3.10. The van der Waals surface area contributed by atoms with E-state index in [-0.39, 0.29) is 12.6 Å². The summed E-state index contributed by atoms with van der Waals surface area (Å²) in [5.41, 5.74) is 7.54. The van der Waals surface area contributed by atoms with E-state index >= 15 is 0 Å². The maximum Gasteiger partial charge on any atom is 0.0954 e. The molecule has 2 aromatic rings. The molecule has 2 atom stereocenters. The molecule has 0 aliphatic heterocycles. The number of hydrogen-bond donors (Lipinski definition) is 2. The molecule has 1 aromatic carbocycles. The highest BCUT2D eigenvalue weighted by atomic mass is 35.5. The Morgan fingerprint density at radius 3 is 2.79 bits per heavy atom. The molecule has 0 saturated carbocycles. The number of nitrogens with two attached hydrogens (primary N) is 1. The Morgan fingerprint density at radius 2 is 2.16 bits per heavy atom. The normalized spacial score (nSPS) is 14.4. The molecule has 4 nitrogen and oxygen atoms in total. The first kappa shape index (κ1) is 14.3. The largest absolute Gasteiger partial charge is 0.394 e. The monoisotopic (exact) mass is 299 g/mol. The minimum absolute atomic E-state index is 0.0418. The Hall–Kier alpha value is -1.07. The van der Waals surface area contributed by atoms with E-state index in [4.69, 9.17) is 34.0 Å². The summed E-state index contributed by atoms with van der Waals surface area (Å²) in [5.74, 6) is 0. The lowest BCUT2D eigenvalue weighted by atomic mass is 10.1. The van der Waals surface area contributed by atoms with Gasteiger partial charge in [0.15, 0.2) is 0 Å². The summed E-state index contributed by atoms with van der Waals surface area (Å²) < 4.78 is 1.90. The van der Waals surface area contributed by atoms with Crippen LogP contribution in [0.25, 0.3) is 0 Å². The van der Waals surface area contributed by atoms with Crippen molar-refractivity contribution in [1.29, 1.82) is 0 Å². The molecule has 19 heavy (non-hydrogen) atoms. The summed E-state index contributed by atoms with van der Waals surface area (Å²) in [7, 11) is 0. The van der Waals surface area contributed by atoms with Gasteiger partial charge in [0, 0.05) is 16.2 Å². The zero-order chi connectivity index (χ0) is 14.0. The molecule has 0 radical (unpaired) electrons. The Labute approximate surface area is 121 Å². The molecule has 2 rings (SSSR count). The number of hydrogen-bond acceptors (Lipinski definition) is 3. The zero-order valence-corrected chi connectivity index (χ0v) is 11.9. The number of halogens is 2. The maximum absolute atomic E-state index is 9.16. The van der Waals surface area contributed by atoms with Gasteiger partial charge in [-0.05, 0) is 24.6 Å². The molecule has 0 fully saturated rings. The third-order valence-corrected chi connectivity index (χ3v) is 3.66. The van der Waals surface area contributed by atoms with Gasteiger partial charge in [0.25, 0.3) is 0 Å². The van der Waals surface area contributed by atoms with E-state index in [2.05, 4.69) is 4.98 Å². The minimum Gasteiger partial charge on any atom is -0.394 e. The van der Waals surface area contributed by atoms with Crippen molar-refractivity contribution >= 4 is 23.2 Å². The van der Waals surface area contributed by atoms with Gasteiger partial charge in [-0.2, -0.15) is 0 Å². The summed E-state index contributed by atoms with van der Waals surface area (Å²) in [6.07, 6.45) is 3.33. The lowest BCUT2D eigenvalue weighted by Gasteiger charge is -2.20. The van der Waals surface area contributed by atoms with Gasteiger partial charge in [0.05, 0.1) is 30.7 Å². The zero-order valence-electron chi connectivity index (χ0n) is 10.4. The quantitative estimate of drug-likeness (QED) is 0.912. The van der Waals surface area contributed by atoms with Crippen molar-refractivity contribution in [2.45, 2.75) is 19.0 Å². The molecule has 1 aromatic heterocycles. The molecule has 0 amide bonds. The third kappa shape index (κ3) is 2.92. The molecular formula is C13H15Cl2N3O. The van der Waals surface area contributed by atoms with Gasteiger partial charge in [0.1, 0.15) is 0 Å². The van der Waals surface area contributed by atoms with E-state index in [1.807, 2.05) is 17.6 Å². The van der Waals surface area contributed by atoms with E-state index in [0.29, 0.717) is 10.0 Å². The summed E-state index contributed by atoms with van der Waals surface area (Å²) in [6, 6.07) is 4.87. The topological polar surface area (TPSA) is 64.1 Å². The van der Waals surface area contributed by atoms with Crippen LogP contribution < -0.4 is 5.73 Å². The van der Waals surface area contributed by atoms with Crippen LogP contribution in [-0.4, -0.2) is 21.3 Å². The van der Waals surface area contributed by atoms with Crippen LogP contribution >= 0.6 is 23.2 Å². The summed E-state index contributed by atoms with van der Waals surface area (Å²) >= 11 is 12.1. The molecule has 102 valence electrons. The van der Waals surface area contributed by atoms with E-state index in [1.54, 1.807) is 24.7 Å². The van der Waals surface area contributed by atoms with Crippen LogP contribution in [0, 0.1) is 0 Å². The first-order chi connectivity index (χ1) is 9.04. The average Bonchev–Trinajstić information content (AvgIpc) is 2.86. The number of benzene rings is 1. The highest BCUT2D eigenvalue weighted by Gasteiger charge is 2.18. The lowest BCUT2D eigenvalue weighted by Crippen LogP contribution is -2.20. The molecule has 0 saturated heterocycles. The molecule has 0 bridgehead atoms. The molecule has 0 spiro atoms. The van der Waals surface area contributed by atoms with Crippen molar-refractivity contribution in [3.05, 3.63) is 52.0 Å². The second-order valence-electron chi connectivity index (χ2n) is 4.36. The molecular weight excluding hydrogens is 285 g/mol. The molecule has 1 heterocycles. The van der Waals surface area contributed by atoms with Crippen molar-refractivity contribution in [2.24, 2.45) is 5.73 Å². The first-order valence-corrected chi connectivity index (χ1v) is 6.63. The highest BCUT2D eigenvalue weighted by molar-refractivity contribution is 6.35. The Bertz CT molecular complexity index is 571. The molecule has 2 unspecified atom stereocenters. The Morgan fingerprint density at radius 1 is 1.42 bits per heavy atom. The second-order valence-corrected chi connectivity index (χ2v) is 5.20. The fourth-order valence-corrected chi connectivity index (χ4v) is 2.58. The van der Waals surface area contributed by atoms with Gasteiger partial charge in [-0.1, -0.05) is 29.3 Å². The molecule has 3 N–H and O–H groups in total. The van der Waals surface area contributed by atoms with Gasteiger partial charge < -0.3 is 15.4 Å². The summed E-state index contributed by atoms with van der Waals surface area (Å²) in [6.45, 7) is 1.86. The van der Waals surface area contributed by atoms with Crippen molar-refractivity contribution in [1.82, 2.24) is 9.55 Å². The average molecular weight is 300 g/mol. The number of aliphatic hydroxyl groups is 1. The number of imidazole rings is 1. The molecule has 0 aliphatic carbocycles. The van der Waals surface area contributed by atoms with E-state index in [1.165, 1.54) is 0 Å². The second kappa shape index (κ2) is 5.92. The van der Waals surface area contributed by atoms with E-state index in [0.717, 1.165) is 11.3 Å². The number of rotatable bonds is 4. The fourth-order valence-electron chi connectivity index (χ4n) is 2.01. The number of aliphatic hydroxyl groups excluding tert-OH is 1. The maximum atomic E-state index is 9.16. The van der Waals surface area contributed by atoms with Crippen LogP contribution in [0.4, 0.5) is 0 Å². The highest BCUT2D eigenvalue weighted by Crippen LogP contribution is 2.30. The van der Waals surface area contributed by atoms with Gasteiger partial charge in [-0.25, -0.2) is 4.98 Å².